The fourth-order valence-electron chi connectivity index (χ4n) is 2.22. The summed E-state index contributed by atoms with van der Waals surface area (Å²) in [5.74, 6) is -0.301. The summed E-state index contributed by atoms with van der Waals surface area (Å²) >= 11 is 1.68. The van der Waals surface area contributed by atoms with E-state index in [1.54, 1.807) is 11.8 Å². The van der Waals surface area contributed by atoms with Crippen LogP contribution in [0, 0.1) is 0 Å². The molecule has 3 nitrogen and oxygen atoms in total. The summed E-state index contributed by atoms with van der Waals surface area (Å²) in [4.78, 5) is 15.0. The van der Waals surface area contributed by atoms with E-state index in [1.807, 2.05) is 31.5 Å². The molecule has 1 aromatic carbocycles. The lowest BCUT2D eigenvalue weighted by atomic mass is 10.1. The molecule has 0 spiro atoms. The van der Waals surface area contributed by atoms with Gasteiger partial charge in [-0.1, -0.05) is 12.2 Å². The first-order valence-electron chi connectivity index (χ1n) is 6.53. The van der Waals surface area contributed by atoms with Gasteiger partial charge in [0.25, 0.3) is 0 Å². The topological polar surface area (TPSA) is 29.5 Å². The molecule has 0 unspecified atom stereocenters. The molecule has 0 heterocycles. The van der Waals surface area contributed by atoms with Crippen molar-refractivity contribution in [2.45, 2.75) is 17.7 Å². The Morgan fingerprint density at radius 3 is 2.80 bits per heavy atom. The molecule has 1 aliphatic carbocycles. The number of hydrogen-bond donors (Lipinski definition) is 0. The van der Waals surface area contributed by atoms with E-state index >= 15 is 0 Å². The minimum Gasteiger partial charge on any atom is -0.465 e. The Hall–Kier alpha value is -1.68. The molecule has 20 heavy (non-hydrogen) atoms. The van der Waals surface area contributed by atoms with Crippen LogP contribution >= 0.6 is 11.8 Å². The third kappa shape index (κ3) is 3.07. The zero-order chi connectivity index (χ0) is 14.5. The monoisotopic (exact) mass is 289 g/mol. The number of nitrogens with zero attached hydrogens (tertiary/aromatic N) is 1. The molecule has 0 aromatic heterocycles. The SMILES string of the molecule is COC(=O)c1ccc(SC)c(N(C)C2=CC=CCC2)c1. The molecule has 1 aliphatic rings. The van der Waals surface area contributed by atoms with Gasteiger partial charge in [-0.3, -0.25) is 0 Å². The van der Waals surface area contributed by atoms with Gasteiger partial charge in [0.1, 0.15) is 0 Å². The number of carbonyl (C=O) groups excluding carboxylic acids is 1. The number of ether oxygens (including phenoxy) is 1. The van der Waals surface area contributed by atoms with Crippen molar-refractivity contribution in [3.8, 4) is 0 Å². The first-order chi connectivity index (χ1) is 9.67. The molecule has 0 amide bonds. The average molecular weight is 289 g/mol. The average Bonchev–Trinajstić information content (AvgIpc) is 2.53. The largest absolute Gasteiger partial charge is 0.465 e. The Balaban J connectivity index is 2.39. The first-order valence-corrected chi connectivity index (χ1v) is 7.75. The van der Waals surface area contributed by atoms with Crippen molar-refractivity contribution in [2.75, 3.05) is 25.3 Å². The van der Waals surface area contributed by atoms with Gasteiger partial charge in [0.2, 0.25) is 0 Å². The van der Waals surface area contributed by atoms with E-state index in [9.17, 15) is 4.79 Å². The molecule has 0 N–H and O–H groups in total. The van der Waals surface area contributed by atoms with E-state index in [2.05, 4.69) is 23.1 Å². The Bertz CT molecular complexity index is 564. The second-order valence-corrected chi connectivity index (χ2v) is 5.41. The Labute approximate surface area is 124 Å². The fraction of sp³-hybridized carbons (Fsp3) is 0.312. The zero-order valence-electron chi connectivity index (χ0n) is 12.1. The molecule has 0 radical (unpaired) electrons. The molecule has 2 rings (SSSR count). The Morgan fingerprint density at radius 1 is 1.40 bits per heavy atom. The summed E-state index contributed by atoms with van der Waals surface area (Å²) < 4.78 is 4.80. The normalized spacial score (nSPS) is 13.8. The predicted octanol–water partition coefficient (Wildman–Crippen LogP) is 3.87. The van der Waals surface area contributed by atoms with E-state index in [-0.39, 0.29) is 5.97 Å². The standard InChI is InChI=1S/C16H19NO2S/c1-17(13-7-5-4-6-8-13)14-11-12(16(18)19-2)9-10-15(14)20-3/h4-5,7,9-11H,6,8H2,1-3H3. The van der Waals surface area contributed by atoms with Crippen LogP contribution in [0.25, 0.3) is 0 Å². The van der Waals surface area contributed by atoms with Crippen LogP contribution in [-0.2, 0) is 4.74 Å². The van der Waals surface area contributed by atoms with Gasteiger partial charge in [0.15, 0.2) is 0 Å². The van der Waals surface area contributed by atoms with E-state index in [0.29, 0.717) is 5.56 Å². The number of allylic oxidation sites excluding steroid dienone is 4. The number of carbonyl (C=O) groups is 1. The van der Waals surface area contributed by atoms with Crippen LogP contribution in [0.1, 0.15) is 23.2 Å². The molecule has 0 saturated heterocycles. The molecule has 0 atom stereocenters. The molecule has 0 saturated carbocycles. The van der Waals surface area contributed by atoms with Crippen LogP contribution in [-0.4, -0.2) is 26.4 Å². The molecular weight excluding hydrogens is 270 g/mol. The van der Waals surface area contributed by atoms with E-state index in [4.69, 9.17) is 4.74 Å². The quantitative estimate of drug-likeness (QED) is 0.622. The summed E-state index contributed by atoms with van der Waals surface area (Å²) in [6.45, 7) is 0. The van der Waals surface area contributed by atoms with Crippen molar-refractivity contribution < 1.29 is 9.53 Å². The van der Waals surface area contributed by atoms with Crippen LogP contribution < -0.4 is 4.90 Å². The van der Waals surface area contributed by atoms with Crippen molar-refractivity contribution in [2.24, 2.45) is 0 Å². The maximum atomic E-state index is 11.7. The van der Waals surface area contributed by atoms with Gasteiger partial charge in [-0.25, -0.2) is 4.79 Å². The number of rotatable bonds is 4. The summed E-state index contributed by atoms with van der Waals surface area (Å²) in [6.07, 6.45) is 10.5. The number of esters is 1. The van der Waals surface area contributed by atoms with E-state index < -0.39 is 0 Å². The third-order valence-corrected chi connectivity index (χ3v) is 4.17. The second kappa shape index (κ2) is 6.66. The molecule has 0 bridgehead atoms. The predicted molar refractivity (Wildman–Crippen MR) is 84.4 cm³/mol. The highest BCUT2D eigenvalue weighted by Crippen LogP contribution is 2.32. The number of thioether (sulfide) groups is 1. The van der Waals surface area contributed by atoms with Gasteiger partial charge in [0, 0.05) is 17.6 Å². The van der Waals surface area contributed by atoms with Gasteiger partial charge in [-0.15, -0.1) is 11.8 Å². The molecule has 0 aliphatic heterocycles. The van der Waals surface area contributed by atoms with Gasteiger partial charge in [-0.05, 0) is 43.4 Å². The summed E-state index contributed by atoms with van der Waals surface area (Å²) in [5.41, 5.74) is 2.88. The first kappa shape index (κ1) is 14.7. The molecule has 4 heteroatoms. The van der Waals surface area contributed by atoms with E-state index in [1.165, 1.54) is 12.8 Å². The third-order valence-electron chi connectivity index (χ3n) is 3.38. The lowest BCUT2D eigenvalue weighted by Gasteiger charge is -2.26. The molecular formula is C16H19NO2S. The highest BCUT2D eigenvalue weighted by atomic mass is 32.2. The highest BCUT2D eigenvalue weighted by molar-refractivity contribution is 7.98. The van der Waals surface area contributed by atoms with Gasteiger partial charge in [0.05, 0.1) is 18.4 Å². The van der Waals surface area contributed by atoms with Crippen molar-refractivity contribution in [3.05, 3.63) is 47.7 Å². The van der Waals surface area contributed by atoms with Crippen molar-refractivity contribution in [3.63, 3.8) is 0 Å². The lowest BCUT2D eigenvalue weighted by Crippen LogP contribution is -2.18. The Kier molecular flexibility index (Phi) is 4.90. The number of methoxy groups -OCH3 is 1. The number of benzene rings is 1. The lowest BCUT2D eigenvalue weighted by molar-refractivity contribution is 0.0600. The maximum absolute atomic E-state index is 11.7. The smallest absolute Gasteiger partial charge is 0.337 e. The number of anilines is 1. The zero-order valence-corrected chi connectivity index (χ0v) is 12.9. The minimum absolute atomic E-state index is 0.301. The van der Waals surface area contributed by atoms with Gasteiger partial charge < -0.3 is 9.64 Å². The van der Waals surface area contributed by atoms with Gasteiger partial charge >= 0.3 is 5.97 Å². The van der Waals surface area contributed by atoms with Crippen LogP contribution in [0.2, 0.25) is 0 Å². The minimum atomic E-state index is -0.301. The summed E-state index contributed by atoms with van der Waals surface area (Å²) in [6, 6.07) is 5.68. The van der Waals surface area contributed by atoms with E-state index in [0.717, 1.165) is 23.4 Å². The Morgan fingerprint density at radius 2 is 2.20 bits per heavy atom. The van der Waals surface area contributed by atoms with Crippen LogP contribution in [0.5, 0.6) is 0 Å². The van der Waals surface area contributed by atoms with Crippen LogP contribution in [0.15, 0.2) is 47.0 Å². The van der Waals surface area contributed by atoms with Crippen molar-refractivity contribution >= 4 is 23.4 Å². The fourth-order valence-corrected chi connectivity index (χ4v) is 2.83. The molecule has 0 fully saturated rings. The van der Waals surface area contributed by atoms with Crippen LogP contribution in [0.4, 0.5) is 5.69 Å². The molecule has 106 valence electrons. The second-order valence-electron chi connectivity index (χ2n) is 4.56. The maximum Gasteiger partial charge on any atom is 0.337 e. The molecule has 1 aromatic rings. The highest BCUT2D eigenvalue weighted by Gasteiger charge is 2.15. The summed E-state index contributed by atoms with van der Waals surface area (Å²) in [5, 5.41) is 0. The summed E-state index contributed by atoms with van der Waals surface area (Å²) in [7, 11) is 3.45. The van der Waals surface area contributed by atoms with Crippen LogP contribution in [0.3, 0.4) is 0 Å². The number of hydrogen-bond acceptors (Lipinski definition) is 4. The van der Waals surface area contributed by atoms with Crippen molar-refractivity contribution in [1.82, 2.24) is 0 Å². The van der Waals surface area contributed by atoms with Gasteiger partial charge in [-0.2, -0.15) is 0 Å². The van der Waals surface area contributed by atoms with Crippen molar-refractivity contribution in [1.29, 1.82) is 0 Å².